The molecule has 0 fully saturated rings. The number of fused-ring (bicyclic) bond motifs is 1. The van der Waals surface area contributed by atoms with Gasteiger partial charge in [0.15, 0.2) is 39.2 Å². The first kappa shape index (κ1) is 24.2. The third kappa shape index (κ3) is 4.67. The standard InChI is InChI=1S/C26H26N2O6S/c1-17-6-9-20(10-7-17)35(29,30)27-28-13-12-18-14-24(33-4)25(34-5)16-21(18)26(28)19-8-11-22(31-2)23(15-19)32-3/h6-16H,1-5H3. The minimum atomic E-state index is -4.01. The molecule has 1 aromatic heterocycles. The van der Waals surface area contributed by atoms with Gasteiger partial charge in [0.25, 0.3) is 0 Å². The molecule has 0 radical (unpaired) electrons. The Bertz CT molecular complexity index is 1480. The molecule has 8 nitrogen and oxygen atoms in total. The lowest BCUT2D eigenvalue weighted by Crippen LogP contribution is -2.34. The number of ether oxygens (including phenoxy) is 4. The summed E-state index contributed by atoms with van der Waals surface area (Å²) < 4.78 is 49.6. The van der Waals surface area contributed by atoms with Gasteiger partial charge in [-0.3, -0.25) is 0 Å². The highest BCUT2D eigenvalue weighted by molar-refractivity contribution is 7.93. The van der Waals surface area contributed by atoms with Crippen LogP contribution in [0.25, 0.3) is 26.9 Å². The Balaban J connectivity index is 1.97. The molecule has 0 aliphatic heterocycles. The number of rotatable bonds is 8. The Hall–Kier alpha value is -3.98. The topological polar surface area (TPSA) is 89.0 Å². The Morgan fingerprint density at radius 1 is 0.714 bits per heavy atom. The molecular weight excluding hydrogens is 468 g/mol. The smallest absolute Gasteiger partial charge is 0.216 e. The third-order valence-electron chi connectivity index (χ3n) is 5.61. The van der Waals surface area contributed by atoms with Crippen molar-refractivity contribution >= 4 is 20.8 Å². The van der Waals surface area contributed by atoms with Gasteiger partial charge in [-0.1, -0.05) is 17.7 Å². The van der Waals surface area contributed by atoms with Crippen molar-refractivity contribution in [3.05, 3.63) is 77.3 Å². The van der Waals surface area contributed by atoms with Gasteiger partial charge in [0, 0.05) is 6.07 Å². The lowest BCUT2D eigenvalue weighted by atomic mass is 10.0. The molecule has 0 spiro atoms. The minimum Gasteiger partial charge on any atom is -0.493 e. The third-order valence-corrected chi connectivity index (χ3v) is 6.87. The fraction of sp³-hybridized carbons (Fsp3) is 0.192. The Kier molecular flexibility index (Phi) is 6.70. The zero-order valence-corrected chi connectivity index (χ0v) is 20.9. The SMILES string of the molecule is COc1ccc(-c2c3cc(OC)c(OC)cc3cc[n+]2[N-]S(=O)(=O)c2ccc(C)cc2)cc1OC. The average Bonchev–Trinajstić information content (AvgIpc) is 2.87. The van der Waals surface area contributed by atoms with E-state index >= 15 is 0 Å². The van der Waals surface area contributed by atoms with Gasteiger partial charge in [-0.15, -0.1) is 0 Å². The van der Waals surface area contributed by atoms with E-state index in [0.717, 1.165) is 10.9 Å². The first-order chi connectivity index (χ1) is 16.8. The summed E-state index contributed by atoms with van der Waals surface area (Å²) in [6.07, 6.45) is 1.60. The summed E-state index contributed by atoms with van der Waals surface area (Å²) >= 11 is 0. The second-order valence-electron chi connectivity index (χ2n) is 7.74. The van der Waals surface area contributed by atoms with Crippen LogP contribution in [0.1, 0.15) is 5.56 Å². The predicted molar refractivity (Wildman–Crippen MR) is 133 cm³/mol. The number of benzene rings is 3. The molecule has 3 aromatic carbocycles. The normalized spacial score (nSPS) is 11.2. The fourth-order valence-corrected chi connectivity index (χ4v) is 4.74. The number of sulfonamides is 1. The van der Waals surface area contributed by atoms with Gasteiger partial charge in [-0.25, -0.2) is 13.1 Å². The summed E-state index contributed by atoms with van der Waals surface area (Å²) in [4.78, 5) is 4.26. The Morgan fingerprint density at radius 3 is 1.94 bits per heavy atom. The molecule has 0 atom stereocenters. The zero-order chi connectivity index (χ0) is 25.2. The van der Waals surface area contributed by atoms with E-state index in [2.05, 4.69) is 4.83 Å². The maximum Gasteiger partial charge on any atom is 0.216 e. The molecule has 0 aliphatic rings. The van der Waals surface area contributed by atoms with Crippen molar-refractivity contribution < 1.29 is 32.0 Å². The number of pyridine rings is 1. The van der Waals surface area contributed by atoms with E-state index in [0.29, 0.717) is 39.6 Å². The molecule has 0 aliphatic carbocycles. The predicted octanol–water partition coefficient (Wildman–Crippen LogP) is 4.66. The lowest BCUT2D eigenvalue weighted by Gasteiger charge is -2.20. The highest BCUT2D eigenvalue weighted by Gasteiger charge is 2.21. The molecule has 35 heavy (non-hydrogen) atoms. The summed E-state index contributed by atoms with van der Waals surface area (Å²) in [6, 6.07) is 17.3. The van der Waals surface area contributed by atoms with Crippen molar-refractivity contribution in [2.75, 3.05) is 28.4 Å². The molecule has 0 saturated heterocycles. The number of aromatic nitrogens is 1. The molecule has 0 saturated carbocycles. The van der Waals surface area contributed by atoms with Crippen molar-refractivity contribution in [2.24, 2.45) is 0 Å². The second kappa shape index (κ2) is 9.71. The average molecular weight is 495 g/mol. The maximum absolute atomic E-state index is 13.2. The number of methoxy groups -OCH3 is 4. The van der Waals surface area contributed by atoms with Crippen LogP contribution in [0.2, 0.25) is 0 Å². The van der Waals surface area contributed by atoms with Gasteiger partial charge < -0.3 is 23.8 Å². The second-order valence-corrected chi connectivity index (χ2v) is 9.33. The minimum absolute atomic E-state index is 0.0984. The number of hydrogen-bond donors (Lipinski definition) is 0. The van der Waals surface area contributed by atoms with Gasteiger partial charge in [0.2, 0.25) is 5.69 Å². The molecule has 9 heteroatoms. The zero-order valence-electron chi connectivity index (χ0n) is 20.1. The molecule has 0 amide bonds. The van der Waals surface area contributed by atoms with Crippen LogP contribution in [0.3, 0.4) is 0 Å². The van der Waals surface area contributed by atoms with Crippen LogP contribution in [0.4, 0.5) is 0 Å². The van der Waals surface area contributed by atoms with Gasteiger partial charge >= 0.3 is 0 Å². The largest absolute Gasteiger partial charge is 0.493 e. The van der Waals surface area contributed by atoms with Crippen LogP contribution in [-0.2, 0) is 10.0 Å². The van der Waals surface area contributed by atoms with Gasteiger partial charge in [-0.2, -0.15) is 0 Å². The molecule has 182 valence electrons. The number of aryl methyl sites for hydroxylation is 1. The Labute approximate surface area is 204 Å². The quantitative estimate of drug-likeness (QED) is 0.331. The first-order valence-corrected chi connectivity index (χ1v) is 12.1. The summed E-state index contributed by atoms with van der Waals surface area (Å²) in [6.45, 7) is 1.89. The fourth-order valence-electron chi connectivity index (χ4n) is 3.80. The van der Waals surface area contributed by atoms with E-state index in [-0.39, 0.29) is 4.90 Å². The van der Waals surface area contributed by atoms with Crippen molar-refractivity contribution in [1.29, 1.82) is 0 Å². The lowest BCUT2D eigenvalue weighted by molar-refractivity contribution is -0.601. The van der Waals surface area contributed by atoms with Crippen molar-refractivity contribution in [3.8, 4) is 34.3 Å². The van der Waals surface area contributed by atoms with E-state index in [1.165, 1.54) is 4.68 Å². The van der Waals surface area contributed by atoms with Crippen LogP contribution < -0.4 is 23.6 Å². The monoisotopic (exact) mass is 494 g/mol. The van der Waals surface area contributed by atoms with Crippen LogP contribution in [0.5, 0.6) is 23.0 Å². The van der Waals surface area contributed by atoms with E-state index in [1.54, 1.807) is 83.2 Å². The number of nitrogens with zero attached hydrogens (tertiary/aromatic N) is 2. The van der Waals surface area contributed by atoms with Crippen molar-refractivity contribution in [1.82, 2.24) is 0 Å². The van der Waals surface area contributed by atoms with Gasteiger partial charge in [0.05, 0.1) is 44.3 Å². The first-order valence-electron chi connectivity index (χ1n) is 10.7. The van der Waals surface area contributed by atoms with Crippen LogP contribution in [-0.4, -0.2) is 36.9 Å². The molecule has 4 rings (SSSR count). The summed E-state index contributed by atoms with van der Waals surface area (Å²) in [5, 5.41) is 1.52. The van der Waals surface area contributed by atoms with Crippen molar-refractivity contribution in [2.45, 2.75) is 11.8 Å². The molecule has 4 aromatic rings. The van der Waals surface area contributed by atoms with Crippen molar-refractivity contribution in [3.63, 3.8) is 0 Å². The van der Waals surface area contributed by atoms with E-state index in [1.807, 2.05) is 19.1 Å². The summed E-state index contributed by atoms with van der Waals surface area (Å²) in [5.41, 5.74) is 2.15. The summed E-state index contributed by atoms with van der Waals surface area (Å²) in [5.74, 6) is 2.10. The van der Waals surface area contributed by atoms with E-state index in [9.17, 15) is 8.42 Å². The van der Waals surface area contributed by atoms with Crippen LogP contribution in [0, 0.1) is 6.92 Å². The van der Waals surface area contributed by atoms with Crippen LogP contribution >= 0.6 is 0 Å². The molecule has 0 N–H and O–H groups in total. The highest BCUT2D eigenvalue weighted by atomic mass is 32.2. The molecule has 0 unspecified atom stereocenters. The van der Waals surface area contributed by atoms with Gasteiger partial charge in [-0.05, 0) is 54.8 Å². The highest BCUT2D eigenvalue weighted by Crippen LogP contribution is 2.38. The van der Waals surface area contributed by atoms with E-state index < -0.39 is 10.0 Å². The number of hydrogen-bond acceptors (Lipinski definition) is 6. The van der Waals surface area contributed by atoms with E-state index in [4.69, 9.17) is 18.9 Å². The maximum atomic E-state index is 13.2. The molecular formula is C26H26N2O6S. The molecule has 0 bridgehead atoms. The van der Waals surface area contributed by atoms with Crippen LogP contribution in [0.15, 0.2) is 71.8 Å². The Morgan fingerprint density at radius 2 is 1.31 bits per heavy atom. The molecule has 1 heterocycles. The van der Waals surface area contributed by atoms with Gasteiger partial charge in [0.1, 0.15) is 0 Å². The summed E-state index contributed by atoms with van der Waals surface area (Å²) in [7, 11) is 2.19.